The van der Waals surface area contributed by atoms with Crippen LogP contribution in [0.4, 0.5) is 0 Å². The van der Waals surface area contributed by atoms with E-state index in [9.17, 15) is 14.7 Å². The first-order chi connectivity index (χ1) is 13.0. The normalized spacial score (nSPS) is 14.0. The smallest absolute Gasteiger partial charge is 0.354 e. The molecule has 4 rings (SSSR count). The molecule has 1 aliphatic rings. The number of nitrogens with one attached hydrogen (secondary N) is 1. The fourth-order valence-corrected chi connectivity index (χ4v) is 3.17. The van der Waals surface area contributed by atoms with E-state index in [1.807, 2.05) is 30.3 Å². The minimum atomic E-state index is -1.09. The second-order valence-corrected chi connectivity index (χ2v) is 6.70. The van der Waals surface area contributed by atoms with E-state index in [4.69, 9.17) is 4.52 Å². The molecule has 138 valence electrons. The number of aryl methyl sites for hydroxylation is 1. The summed E-state index contributed by atoms with van der Waals surface area (Å²) >= 11 is 0. The molecule has 27 heavy (non-hydrogen) atoms. The number of aromatic carboxylic acids is 1. The summed E-state index contributed by atoms with van der Waals surface area (Å²) in [5.74, 6) is -1.01. The fourth-order valence-electron chi connectivity index (χ4n) is 3.17. The maximum atomic E-state index is 13.1. The van der Waals surface area contributed by atoms with Crippen molar-refractivity contribution in [1.82, 2.24) is 9.83 Å². The number of benzene rings is 1. The molecule has 0 bridgehead atoms. The van der Waals surface area contributed by atoms with Crippen molar-refractivity contribution in [3.05, 3.63) is 65.2 Å². The Bertz CT molecular complexity index is 1000. The van der Waals surface area contributed by atoms with Crippen LogP contribution in [0.25, 0.3) is 11.3 Å². The first-order valence-corrected chi connectivity index (χ1v) is 8.83. The summed E-state index contributed by atoms with van der Waals surface area (Å²) in [7, 11) is 0. The number of carboxylic acid groups (broad SMARTS) is 1. The lowest BCUT2D eigenvalue weighted by molar-refractivity contribution is 0.0686. The van der Waals surface area contributed by atoms with Crippen molar-refractivity contribution in [2.75, 3.05) is 5.43 Å². The third-order valence-corrected chi connectivity index (χ3v) is 4.87. The molecule has 1 saturated carbocycles. The molecule has 3 aromatic rings. The Morgan fingerprint density at radius 3 is 2.63 bits per heavy atom. The molecule has 2 N–H and O–H groups in total. The van der Waals surface area contributed by atoms with E-state index in [0.29, 0.717) is 17.0 Å². The van der Waals surface area contributed by atoms with Gasteiger partial charge in [-0.25, -0.2) is 4.79 Å². The van der Waals surface area contributed by atoms with Gasteiger partial charge in [0.1, 0.15) is 17.1 Å². The van der Waals surface area contributed by atoms with E-state index in [1.165, 1.54) is 16.9 Å². The first kappa shape index (κ1) is 17.1. The Morgan fingerprint density at radius 1 is 1.26 bits per heavy atom. The van der Waals surface area contributed by atoms with E-state index in [2.05, 4.69) is 10.6 Å². The van der Waals surface area contributed by atoms with Crippen LogP contribution in [-0.4, -0.2) is 32.7 Å². The minimum Gasteiger partial charge on any atom is -0.477 e. The summed E-state index contributed by atoms with van der Waals surface area (Å²) < 4.78 is 6.69. The number of hydrogen-bond acceptors (Lipinski definition) is 5. The topological polar surface area (TPSA) is 97.4 Å². The molecular weight excluding hydrogens is 346 g/mol. The zero-order valence-corrected chi connectivity index (χ0v) is 14.8. The summed E-state index contributed by atoms with van der Waals surface area (Å²) in [5.41, 5.74) is 5.03. The molecule has 0 aliphatic heterocycles. The van der Waals surface area contributed by atoms with Gasteiger partial charge >= 0.3 is 5.97 Å². The van der Waals surface area contributed by atoms with Gasteiger partial charge < -0.3 is 15.1 Å². The van der Waals surface area contributed by atoms with Gasteiger partial charge in [-0.15, -0.1) is 0 Å². The fraction of sp³-hybridized carbons (Fsp3) is 0.250. The average molecular weight is 365 g/mol. The van der Waals surface area contributed by atoms with Crippen LogP contribution in [0.3, 0.4) is 0 Å². The van der Waals surface area contributed by atoms with Crippen molar-refractivity contribution in [2.24, 2.45) is 0 Å². The van der Waals surface area contributed by atoms with E-state index in [1.54, 1.807) is 6.92 Å². The Hall–Kier alpha value is -3.35. The van der Waals surface area contributed by atoms with Crippen LogP contribution >= 0.6 is 0 Å². The molecular formula is C20H19N3O4. The predicted molar refractivity (Wildman–Crippen MR) is 98.5 cm³/mol. The van der Waals surface area contributed by atoms with Crippen LogP contribution < -0.4 is 5.43 Å². The van der Waals surface area contributed by atoms with Gasteiger partial charge in [0.2, 0.25) is 0 Å². The average Bonchev–Trinajstić information content (AvgIpc) is 3.22. The highest BCUT2D eigenvalue weighted by Gasteiger charge is 2.27. The monoisotopic (exact) mass is 365 g/mol. The van der Waals surface area contributed by atoms with Crippen LogP contribution in [-0.2, 0) is 0 Å². The maximum absolute atomic E-state index is 13.1. The number of rotatable bonds is 6. The van der Waals surface area contributed by atoms with Crippen molar-refractivity contribution in [3.8, 4) is 11.3 Å². The van der Waals surface area contributed by atoms with Crippen molar-refractivity contribution in [3.63, 3.8) is 0 Å². The molecule has 0 spiro atoms. The third-order valence-electron chi connectivity index (χ3n) is 4.87. The largest absolute Gasteiger partial charge is 0.477 e. The van der Waals surface area contributed by atoms with Crippen LogP contribution in [0.5, 0.6) is 0 Å². The van der Waals surface area contributed by atoms with Gasteiger partial charge in [0, 0.05) is 23.4 Å². The van der Waals surface area contributed by atoms with Gasteiger partial charge in [0.25, 0.3) is 0 Å². The van der Waals surface area contributed by atoms with Gasteiger partial charge in [0.05, 0.1) is 5.56 Å². The number of carbonyl (C=O) groups excluding carboxylic acids is 1. The quantitative estimate of drug-likeness (QED) is 0.649. The van der Waals surface area contributed by atoms with Crippen LogP contribution in [0, 0.1) is 6.92 Å². The number of ketones is 1. The molecule has 0 amide bonds. The zero-order chi connectivity index (χ0) is 19.0. The molecule has 0 unspecified atom stereocenters. The second kappa shape index (κ2) is 6.75. The molecule has 1 fully saturated rings. The van der Waals surface area contributed by atoms with Crippen LogP contribution in [0.2, 0.25) is 0 Å². The van der Waals surface area contributed by atoms with Crippen LogP contribution in [0.1, 0.15) is 51.4 Å². The molecule has 1 aromatic carbocycles. The number of carbonyl (C=O) groups is 2. The van der Waals surface area contributed by atoms with Gasteiger partial charge in [-0.05, 0) is 32.3 Å². The Kier molecular flexibility index (Phi) is 4.27. The van der Waals surface area contributed by atoms with Crippen LogP contribution in [0.15, 0.2) is 47.1 Å². The maximum Gasteiger partial charge on any atom is 0.354 e. The number of aromatic nitrogens is 2. The summed E-state index contributed by atoms with van der Waals surface area (Å²) in [5, 5.41) is 13.5. The first-order valence-electron chi connectivity index (χ1n) is 8.83. The molecule has 0 radical (unpaired) electrons. The lowest BCUT2D eigenvalue weighted by Gasteiger charge is -2.28. The van der Waals surface area contributed by atoms with Crippen molar-refractivity contribution >= 4 is 11.8 Å². The third kappa shape index (κ3) is 3.12. The molecule has 2 aromatic heterocycles. The highest BCUT2D eigenvalue weighted by atomic mass is 16.5. The number of carboxylic acids is 1. The van der Waals surface area contributed by atoms with Gasteiger partial charge in [-0.2, -0.15) is 0 Å². The molecule has 0 saturated heterocycles. The SMILES string of the molecule is Cc1onc(-c2ccccc2)c1C(=O)c1cc(C(=O)O)n(NC2CCC2)c1. The van der Waals surface area contributed by atoms with Gasteiger partial charge in [0.15, 0.2) is 5.78 Å². The van der Waals surface area contributed by atoms with Crippen molar-refractivity contribution in [2.45, 2.75) is 32.2 Å². The molecule has 1 aliphatic carbocycles. The Morgan fingerprint density at radius 2 is 2.00 bits per heavy atom. The zero-order valence-electron chi connectivity index (χ0n) is 14.8. The molecule has 7 heteroatoms. The summed E-state index contributed by atoms with van der Waals surface area (Å²) in [6.45, 7) is 1.67. The summed E-state index contributed by atoms with van der Waals surface area (Å²) in [6.07, 6.45) is 4.63. The summed E-state index contributed by atoms with van der Waals surface area (Å²) in [6, 6.07) is 10.9. The predicted octanol–water partition coefficient (Wildman–Crippen LogP) is 3.48. The second-order valence-electron chi connectivity index (χ2n) is 6.70. The molecule has 2 heterocycles. The van der Waals surface area contributed by atoms with E-state index >= 15 is 0 Å². The highest BCUT2D eigenvalue weighted by molar-refractivity contribution is 6.13. The standard InChI is InChI=1S/C20H19N3O4/c1-12-17(18(22-27-12)13-6-3-2-4-7-13)19(24)14-10-16(20(25)26)23(11-14)21-15-8-5-9-15/h2-4,6-7,10-11,15,21H,5,8-9H2,1H3,(H,25,26). The van der Waals surface area contributed by atoms with Gasteiger partial charge in [-0.3, -0.25) is 9.47 Å². The minimum absolute atomic E-state index is 0.0284. The van der Waals surface area contributed by atoms with E-state index < -0.39 is 5.97 Å². The molecule has 7 nitrogen and oxygen atoms in total. The van der Waals surface area contributed by atoms with Gasteiger partial charge in [-0.1, -0.05) is 35.5 Å². The Balaban J connectivity index is 1.72. The van der Waals surface area contributed by atoms with Crippen molar-refractivity contribution in [1.29, 1.82) is 0 Å². The highest BCUT2D eigenvalue weighted by Crippen LogP contribution is 2.28. The molecule has 0 atom stereocenters. The van der Waals surface area contributed by atoms with E-state index in [-0.39, 0.29) is 23.1 Å². The lowest BCUT2D eigenvalue weighted by atomic mass is 9.94. The lowest BCUT2D eigenvalue weighted by Crippen LogP contribution is -2.34. The van der Waals surface area contributed by atoms with Crippen molar-refractivity contribution < 1.29 is 19.2 Å². The number of nitrogens with zero attached hydrogens (tertiary/aromatic N) is 2. The number of hydrogen-bond donors (Lipinski definition) is 2. The van der Waals surface area contributed by atoms with E-state index in [0.717, 1.165) is 24.8 Å². The summed E-state index contributed by atoms with van der Waals surface area (Å²) in [4.78, 5) is 24.7. The Labute approximate surface area is 155 Å².